The lowest BCUT2D eigenvalue weighted by molar-refractivity contribution is -0.122. The molecular weight excluding hydrogens is 458 g/mol. The number of amides is 1. The van der Waals surface area contributed by atoms with Gasteiger partial charge in [0, 0.05) is 5.56 Å². The molecule has 9 nitrogen and oxygen atoms in total. The first-order chi connectivity index (χ1) is 16.5. The fraction of sp³-hybridized carbons (Fsp3) is 0.125. The molecule has 1 saturated heterocycles. The van der Waals surface area contributed by atoms with Gasteiger partial charge in [0.25, 0.3) is 5.91 Å². The lowest BCUT2D eigenvalue weighted by Gasteiger charge is -2.12. The van der Waals surface area contributed by atoms with Crippen molar-refractivity contribution in [3.8, 4) is 23.0 Å². The topological polar surface area (TPSA) is 117 Å². The Morgan fingerprint density at radius 3 is 2.47 bits per heavy atom. The van der Waals surface area contributed by atoms with Gasteiger partial charge in [0.05, 0.1) is 38.1 Å². The zero-order chi connectivity index (χ0) is 24.1. The van der Waals surface area contributed by atoms with Crippen LogP contribution in [-0.2, 0) is 11.3 Å². The van der Waals surface area contributed by atoms with Gasteiger partial charge >= 0.3 is 0 Å². The molecule has 1 aliphatic rings. The van der Waals surface area contributed by atoms with Crippen LogP contribution >= 0.6 is 11.8 Å². The first-order valence-corrected chi connectivity index (χ1v) is 10.9. The van der Waals surface area contributed by atoms with Crippen LogP contribution in [0.25, 0.3) is 6.08 Å². The van der Waals surface area contributed by atoms with Crippen molar-refractivity contribution in [2.24, 2.45) is 10.2 Å². The molecule has 0 atom stereocenters. The van der Waals surface area contributed by atoms with Crippen molar-refractivity contribution in [3.63, 3.8) is 0 Å². The second kappa shape index (κ2) is 10.2. The summed E-state index contributed by atoms with van der Waals surface area (Å²) in [6, 6.07) is 13.4. The summed E-state index contributed by atoms with van der Waals surface area (Å²) in [6.07, 6.45) is 4.60. The second-order valence-electron chi connectivity index (χ2n) is 7.04. The Morgan fingerprint density at radius 1 is 1.09 bits per heavy atom. The smallest absolute Gasteiger partial charge is 0.267 e. The molecule has 10 heteroatoms. The Labute approximate surface area is 199 Å². The highest BCUT2D eigenvalue weighted by atomic mass is 32.2. The summed E-state index contributed by atoms with van der Waals surface area (Å²) >= 11 is 1.14. The number of amidine groups is 1. The first-order valence-electron chi connectivity index (χ1n) is 10.1. The van der Waals surface area contributed by atoms with Crippen molar-refractivity contribution in [1.82, 2.24) is 4.90 Å². The van der Waals surface area contributed by atoms with Crippen molar-refractivity contribution < 1.29 is 28.9 Å². The number of carbonyl (C=O) groups excluding carboxylic acids is 1. The molecule has 1 amide bonds. The lowest BCUT2D eigenvalue weighted by atomic mass is 10.1. The molecule has 0 aliphatic carbocycles. The maximum Gasteiger partial charge on any atom is 0.267 e. The molecule has 0 radical (unpaired) electrons. The zero-order valence-electron chi connectivity index (χ0n) is 18.3. The number of phenolic OH excluding ortho intramolecular Hbond substituents is 2. The van der Waals surface area contributed by atoms with E-state index in [9.17, 15) is 15.0 Å². The maximum atomic E-state index is 13.2. The van der Waals surface area contributed by atoms with Crippen molar-refractivity contribution in [3.05, 3.63) is 76.6 Å². The average molecular weight is 480 g/mol. The van der Waals surface area contributed by atoms with E-state index in [1.54, 1.807) is 54.6 Å². The predicted octanol–water partition coefficient (Wildman–Crippen LogP) is 4.21. The summed E-state index contributed by atoms with van der Waals surface area (Å²) < 4.78 is 15.8. The molecule has 2 aromatic carbocycles. The van der Waals surface area contributed by atoms with E-state index in [1.165, 1.54) is 31.6 Å². The minimum absolute atomic E-state index is 0.0739. The van der Waals surface area contributed by atoms with Crippen molar-refractivity contribution in [1.29, 1.82) is 0 Å². The fourth-order valence-corrected chi connectivity index (χ4v) is 4.10. The summed E-state index contributed by atoms with van der Waals surface area (Å²) in [4.78, 5) is 15.1. The minimum atomic E-state index is -0.288. The number of nitrogens with zero attached hydrogens (tertiary/aromatic N) is 3. The number of carbonyl (C=O) groups is 1. The number of aromatic hydroxyl groups is 2. The largest absolute Gasteiger partial charge is 0.507 e. The van der Waals surface area contributed by atoms with Gasteiger partial charge in [-0.25, -0.2) is 0 Å². The van der Waals surface area contributed by atoms with Crippen molar-refractivity contribution >= 4 is 35.1 Å². The van der Waals surface area contributed by atoms with Crippen LogP contribution in [0.15, 0.2) is 74.3 Å². The summed E-state index contributed by atoms with van der Waals surface area (Å²) in [6.45, 7) is 0.170. The van der Waals surface area contributed by atoms with Crippen LogP contribution in [0.3, 0.4) is 0 Å². The molecule has 2 N–H and O–H groups in total. The van der Waals surface area contributed by atoms with E-state index in [-0.39, 0.29) is 35.4 Å². The molecule has 1 fully saturated rings. The highest BCUT2D eigenvalue weighted by Gasteiger charge is 2.34. The SMILES string of the molecule is COc1cc(/C=C2\S/C(=N/N=C\c3ccccc3O)N(Cc3ccco3)C2=O)cc(OC)c1O. The van der Waals surface area contributed by atoms with Crippen molar-refractivity contribution in [2.75, 3.05) is 14.2 Å². The van der Waals surface area contributed by atoms with Crippen LogP contribution in [0.1, 0.15) is 16.9 Å². The molecule has 1 aromatic heterocycles. The summed E-state index contributed by atoms with van der Waals surface area (Å²) in [5, 5.41) is 28.7. The standard InChI is InChI=1S/C24H21N3O6S/c1-31-19-10-15(11-20(32-2)22(19)29)12-21-23(30)27(14-17-7-5-9-33-17)24(34-21)26-25-13-16-6-3-4-8-18(16)28/h3-13,28-29H,14H2,1-2H3/b21-12-,25-13-,26-24+. The van der Waals surface area contributed by atoms with Gasteiger partial charge < -0.3 is 24.1 Å². The molecule has 4 rings (SSSR count). The van der Waals surface area contributed by atoms with E-state index >= 15 is 0 Å². The number of benzene rings is 2. The van der Waals surface area contributed by atoms with E-state index in [4.69, 9.17) is 13.9 Å². The van der Waals surface area contributed by atoms with Gasteiger partial charge in [-0.05, 0) is 59.8 Å². The van der Waals surface area contributed by atoms with Gasteiger partial charge in [-0.2, -0.15) is 5.10 Å². The van der Waals surface area contributed by atoms with Gasteiger partial charge in [-0.3, -0.25) is 9.69 Å². The number of methoxy groups -OCH3 is 2. The molecule has 1 aliphatic heterocycles. The van der Waals surface area contributed by atoms with E-state index < -0.39 is 0 Å². The third kappa shape index (κ3) is 4.91. The summed E-state index contributed by atoms with van der Waals surface area (Å²) in [5.74, 6) is 0.678. The minimum Gasteiger partial charge on any atom is -0.507 e. The van der Waals surface area contributed by atoms with Crippen LogP contribution in [0.5, 0.6) is 23.0 Å². The Hall–Kier alpha value is -4.18. The van der Waals surface area contributed by atoms with E-state index in [1.807, 2.05) is 0 Å². The van der Waals surface area contributed by atoms with Crippen LogP contribution in [0.2, 0.25) is 0 Å². The third-order valence-electron chi connectivity index (χ3n) is 4.86. The maximum absolute atomic E-state index is 13.2. The average Bonchev–Trinajstić information content (AvgIpc) is 3.45. The molecule has 0 spiro atoms. The van der Waals surface area contributed by atoms with Gasteiger partial charge in [0.15, 0.2) is 16.7 Å². The molecule has 2 heterocycles. The van der Waals surface area contributed by atoms with Gasteiger partial charge in [-0.1, -0.05) is 12.1 Å². The number of rotatable bonds is 7. The van der Waals surface area contributed by atoms with Crippen molar-refractivity contribution in [2.45, 2.75) is 6.54 Å². The second-order valence-corrected chi connectivity index (χ2v) is 8.05. The molecular formula is C24H21N3O6S. The highest BCUT2D eigenvalue weighted by molar-refractivity contribution is 8.18. The molecule has 0 bridgehead atoms. The molecule has 0 unspecified atom stereocenters. The van der Waals surface area contributed by atoms with Crippen LogP contribution < -0.4 is 9.47 Å². The summed E-state index contributed by atoms with van der Waals surface area (Å²) in [7, 11) is 2.86. The normalized spacial score (nSPS) is 16.2. The van der Waals surface area contributed by atoms with Crippen LogP contribution in [-0.4, -0.2) is 46.6 Å². The predicted molar refractivity (Wildman–Crippen MR) is 129 cm³/mol. The Balaban J connectivity index is 1.67. The fourth-order valence-electron chi connectivity index (χ4n) is 3.17. The van der Waals surface area contributed by atoms with Crippen LogP contribution in [0.4, 0.5) is 0 Å². The molecule has 0 saturated carbocycles. The number of hydrogen-bond donors (Lipinski definition) is 2. The molecule has 34 heavy (non-hydrogen) atoms. The van der Waals surface area contributed by atoms with E-state index in [0.29, 0.717) is 27.0 Å². The number of para-hydroxylation sites is 1. The van der Waals surface area contributed by atoms with Crippen LogP contribution in [0, 0.1) is 0 Å². The molecule has 3 aromatic rings. The number of hydrogen-bond acceptors (Lipinski definition) is 9. The zero-order valence-corrected chi connectivity index (χ0v) is 19.2. The third-order valence-corrected chi connectivity index (χ3v) is 5.86. The molecule has 174 valence electrons. The highest BCUT2D eigenvalue weighted by Crippen LogP contribution is 2.39. The first kappa shape index (κ1) is 23.0. The Kier molecular flexibility index (Phi) is 6.88. The van der Waals surface area contributed by atoms with Gasteiger partial charge in [0.2, 0.25) is 5.75 Å². The van der Waals surface area contributed by atoms with Gasteiger partial charge in [-0.15, -0.1) is 5.10 Å². The number of ether oxygens (including phenoxy) is 2. The quantitative estimate of drug-likeness (QED) is 0.296. The van der Waals surface area contributed by atoms with E-state index in [0.717, 1.165) is 11.8 Å². The number of furan rings is 1. The number of phenols is 2. The lowest BCUT2D eigenvalue weighted by Crippen LogP contribution is -2.28. The van der Waals surface area contributed by atoms with E-state index in [2.05, 4.69) is 10.2 Å². The Morgan fingerprint density at radius 2 is 1.82 bits per heavy atom. The summed E-state index contributed by atoms with van der Waals surface area (Å²) in [5.41, 5.74) is 1.09. The monoisotopic (exact) mass is 479 g/mol. The Bertz CT molecular complexity index is 1260. The number of thioether (sulfide) groups is 1. The van der Waals surface area contributed by atoms with Gasteiger partial charge in [0.1, 0.15) is 11.5 Å².